The van der Waals surface area contributed by atoms with E-state index in [0.717, 1.165) is 22.4 Å². The molecule has 1 N–H and O–H groups in total. The van der Waals surface area contributed by atoms with Crippen LogP contribution in [-0.2, 0) is 10.0 Å². The van der Waals surface area contributed by atoms with Crippen LogP contribution < -0.4 is 4.72 Å². The van der Waals surface area contributed by atoms with Gasteiger partial charge < -0.3 is 0 Å². The van der Waals surface area contributed by atoms with Gasteiger partial charge in [0, 0.05) is 5.38 Å². The number of rotatable bonds is 3. The molecule has 0 radical (unpaired) electrons. The molecule has 19 heavy (non-hydrogen) atoms. The summed E-state index contributed by atoms with van der Waals surface area (Å²) in [5.41, 5.74) is 3.36. The molecule has 1 heterocycles. The fraction of sp³-hybridized carbons (Fsp3) is 0.308. The molecule has 0 fully saturated rings. The van der Waals surface area contributed by atoms with Gasteiger partial charge in [-0.1, -0.05) is 17.7 Å². The molecule has 0 amide bonds. The average Bonchev–Trinajstić information content (AvgIpc) is 2.60. The number of hydrogen-bond donors (Lipinski definition) is 1. The van der Waals surface area contributed by atoms with E-state index in [4.69, 9.17) is 0 Å². The van der Waals surface area contributed by atoms with E-state index in [2.05, 4.69) is 9.71 Å². The number of hydrogen-bond acceptors (Lipinski definition) is 4. The van der Waals surface area contributed by atoms with Crippen LogP contribution in [0, 0.1) is 27.7 Å². The first-order valence-electron chi connectivity index (χ1n) is 5.82. The van der Waals surface area contributed by atoms with Crippen LogP contribution in [0.1, 0.15) is 22.4 Å². The van der Waals surface area contributed by atoms with E-state index in [0.29, 0.717) is 10.0 Å². The van der Waals surface area contributed by atoms with Crippen LogP contribution in [0.4, 0.5) is 5.13 Å². The molecule has 0 saturated heterocycles. The molecule has 0 aliphatic rings. The zero-order valence-electron chi connectivity index (χ0n) is 11.3. The molecule has 0 aliphatic heterocycles. The predicted molar refractivity (Wildman–Crippen MR) is 78.3 cm³/mol. The molecular formula is C13H16N2O2S2. The fourth-order valence-corrected chi connectivity index (χ4v) is 4.55. The summed E-state index contributed by atoms with van der Waals surface area (Å²) in [6.45, 7) is 7.40. The molecule has 1 aromatic heterocycles. The van der Waals surface area contributed by atoms with Gasteiger partial charge in [0.1, 0.15) is 0 Å². The van der Waals surface area contributed by atoms with E-state index in [1.54, 1.807) is 0 Å². The smallest absolute Gasteiger partial charge is 0.255 e. The molecule has 1 aromatic carbocycles. The Kier molecular flexibility index (Phi) is 3.64. The van der Waals surface area contributed by atoms with Crippen molar-refractivity contribution in [1.29, 1.82) is 0 Å². The second-order valence-electron chi connectivity index (χ2n) is 4.63. The normalized spacial score (nSPS) is 11.6. The van der Waals surface area contributed by atoms with Crippen LogP contribution in [0.25, 0.3) is 0 Å². The van der Waals surface area contributed by atoms with Crippen molar-refractivity contribution in [2.75, 3.05) is 4.72 Å². The molecule has 0 atom stereocenters. The third-order valence-corrected chi connectivity index (χ3v) is 5.36. The number of thiazole rings is 1. The summed E-state index contributed by atoms with van der Waals surface area (Å²) in [6.07, 6.45) is 0. The topological polar surface area (TPSA) is 59.1 Å². The number of sulfonamides is 1. The zero-order chi connectivity index (χ0) is 14.2. The minimum absolute atomic E-state index is 0.339. The van der Waals surface area contributed by atoms with Crippen molar-refractivity contribution in [3.8, 4) is 0 Å². The molecule has 102 valence electrons. The highest BCUT2D eigenvalue weighted by molar-refractivity contribution is 7.93. The van der Waals surface area contributed by atoms with Crippen LogP contribution in [0.2, 0.25) is 0 Å². The lowest BCUT2D eigenvalue weighted by Gasteiger charge is -2.12. The standard InChI is InChI=1S/C13H16N2O2S2/c1-8-5-9(2)12(10(3)6-8)19(16,17)15-13-14-11(4)7-18-13/h5-7H,1-4H3,(H,14,15). The van der Waals surface area contributed by atoms with Crippen LogP contribution in [0.15, 0.2) is 22.4 Å². The van der Waals surface area contributed by atoms with Gasteiger partial charge in [0.15, 0.2) is 5.13 Å². The average molecular weight is 296 g/mol. The van der Waals surface area contributed by atoms with Gasteiger partial charge in [-0.25, -0.2) is 13.4 Å². The predicted octanol–water partition coefficient (Wildman–Crippen LogP) is 3.18. The molecule has 6 heteroatoms. The van der Waals surface area contributed by atoms with Crippen molar-refractivity contribution in [3.63, 3.8) is 0 Å². The number of nitrogens with zero attached hydrogens (tertiary/aromatic N) is 1. The molecule has 2 aromatic rings. The molecule has 0 spiro atoms. The van der Waals surface area contributed by atoms with Gasteiger partial charge in [-0.3, -0.25) is 4.72 Å². The zero-order valence-corrected chi connectivity index (χ0v) is 12.9. The van der Waals surface area contributed by atoms with Crippen molar-refractivity contribution in [2.24, 2.45) is 0 Å². The van der Waals surface area contributed by atoms with Crippen LogP contribution in [-0.4, -0.2) is 13.4 Å². The molecule has 0 unspecified atom stereocenters. The van der Waals surface area contributed by atoms with Crippen LogP contribution in [0.5, 0.6) is 0 Å². The minimum atomic E-state index is -3.58. The van der Waals surface area contributed by atoms with E-state index in [1.165, 1.54) is 11.3 Å². The number of anilines is 1. The lowest BCUT2D eigenvalue weighted by Crippen LogP contribution is -2.15. The monoisotopic (exact) mass is 296 g/mol. The van der Waals surface area contributed by atoms with Gasteiger partial charge >= 0.3 is 0 Å². The highest BCUT2D eigenvalue weighted by Gasteiger charge is 2.21. The summed E-state index contributed by atoms with van der Waals surface area (Å²) < 4.78 is 27.4. The number of benzene rings is 1. The lowest BCUT2D eigenvalue weighted by atomic mass is 10.1. The fourth-order valence-electron chi connectivity index (χ4n) is 2.16. The largest absolute Gasteiger partial charge is 0.264 e. The Bertz CT molecular complexity index is 695. The summed E-state index contributed by atoms with van der Waals surface area (Å²) in [4.78, 5) is 4.47. The molecule has 0 bridgehead atoms. The Morgan fingerprint density at radius 1 is 1.11 bits per heavy atom. The Hall–Kier alpha value is -1.40. The number of nitrogens with one attached hydrogen (secondary N) is 1. The first-order valence-corrected chi connectivity index (χ1v) is 8.18. The second kappa shape index (κ2) is 4.94. The van der Waals surface area contributed by atoms with E-state index in [-0.39, 0.29) is 0 Å². The summed E-state index contributed by atoms with van der Waals surface area (Å²) in [7, 11) is -3.58. The van der Waals surface area contributed by atoms with Gasteiger partial charge in [0.05, 0.1) is 10.6 Å². The number of aromatic nitrogens is 1. The SMILES string of the molecule is Cc1cc(C)c(S(=O)(=O)Nc2nc(C)cs2)c(C)c1. The maximum atomic E-state index is 12.4. The molecule has 2 rings (SSSR count). The summed E-state index contributed by atoms with van der Waals surface area (Å²) in [5, 5.41) is 2.21. The quantitative estimate of drug-likeness (QED) is 0.946. The third-order valence-electron chi connectivity index (χ3n) is 2.71. The third kappa shape index (κ3) is 2.96. The second-order valence-corrected chi connectivity index (χ2v) is 7.10. The van der Waals surface area contributed by atoms with Gasteiger partial charge in [-0.15, -0.1) is 11.3 Å². The molecule has 4 nitrogen and oxygen atoms in total. The van der Waals surface area contributed by atoms with E-state index < -0.39 is 10.0 Å². The van der Waals surface area contributed by atoms with Crippen molar-refractivity contribution in [1.82, 2.24) is 4.98 Å². The summed E-state index contributed by atoms with van der Waals surface area (Å²) in [5.74, 6) is 0. The van der Waals surface area contributed by atoms with Gasteiger partial charge in [-0.05, 0) is 38.8 Å². The Morgan fingerprint density at radius 3 is 2.16 bits per heavy atom. The first kappa shape index (κ1) is 14.0. The van der Waals surface area contributed by atoms with Gasteiger partial charge in [-0.2, -0.15) is 0 Å². The van der Waals surface area contributed by atoms with Crippen molar-refractivity contribution in [2.45, 2.75) is 32.6 Å². The van der Waals surface area contributed by atoms with E-state index >= 15 is 0 Å². The Labute approximate surface area is 117 Å². The van der Waals surface area contributed by atoms with Crippen LogP contribution >= 0.6 is 11.3 Å². The Morgan fingerprint density at radius 2 is 1.68 bits per heavy atom. The molecular weight excluding hydrogens is 280 g/mol. The highest BCUT2D eigenvalue weighted by atomic mass is 32.2. The minimum Gasteiger partial charge on any atom is -0.255 e. The van der Waals surface area contributed by atoms with Gasteiger partial charge in [0.25, 0.3) is 10.0 Å². The van der Waals surface area contributed by atoms with E-state index in [9.17, 15) is 8.42 Å². The lowest BCUT2D eigenvalue weighted by molar-refractivity contribution is 0.600. The first-order chi connectivity index (χ1) is 8.79. The van der Waals surface area contributed by atoms with Crippen LogP contribution in [0.3, 0.4) is 0 Å². The molecule has 0 saturated carbocycles. The van der Waals surface area contributed by atoms with Crippen molar-refractivity contribution < 1.29 is 8.42 Å². The van der Waals surface area contributed by atoms with Crippen molar-refractivity contribution >= 4 is 26.5 Å². The van der Waals surface area contributed by atoms with Crippen molar-refractivity contribution in [3.05, 3.63) is 39.9 Å². The number of aryl methyl sites for hydroxylation is 4. The maximum absolute atomic E-state index is 12.4. The summed E-state index contributed by atoms with van der Waals surface area (Å²) in [6, 6.07) is 3.74. The molecule has 0 aliphatic carbocycles. The summed E-state index contributed by atoms with van der Waals surface area (Å²) >= 11 is 1.28. The van der Waals surface area contributed by atoms with E-state index in [1.807, 2.05) is 45.2 Å². The maximum Gasteiger partial charge on any atom is 0.264 e. The van der Waals surface area contributed by atoms with Gasteiger partial charge in [0.2, 0.25) is 0 Å². The highest BCUT2D eigenvalue weighted by Crippen LogP contribution is 2.25. The Balaban J connectivity index is 2.45.